The molecule has 2 aromatic rings. The highest BCUT2D eigenvalue weighted by Gasteiger charge is 2.36. The molecule has 22 heavy (non-hydrogen) atoms. The van der Waals surface area contributed by atoms with E-state index in [1.54, 1.807) is 6.20 Å². The number of carbonyl (C=O) groups is 1. The molecule has 2 fully saturated rings. The topological polar surface area (TPSA) is 59.7 Å². The first-order valence-electron chi connectivity index (χ1n) is 7.20. The van der Waals surface area contributed by atoms with E-state index in [1.165, 1.54) is 0 Å². The summed E-state index contributed by atoms with van der Waals surface area (Å²) in [6, 6.07) is 0.206. The largest absolute Gasteiger partial charge is 0.369 e. The molecule has 116 valence electrons. The summed E-state index contributed by atoms with van der Waals surface area (Å²) >= 11 is 9.62. The number of morpholine rings is 1. The van der Waals surface area contributed by atoms with Crippen LogP contribution in [-0.2, 0) is 9.53 Å². The zero-order valence-electron chi connectivity index (χ0n) is 11.7. The average Bonchev–Trinajstić information content (AvgIpc) is 2.86. The van der Waals surface area contributed by atoms with Crippen LogP contribution >= 0.6 is 27.5 Å². The minimum atomic E-state index is 0.0700. The van der Waals surface area contributed by atoms with Crippen molar-refractivity contribution in [2.45, 2.75) is 24.8 Å². The molecule has 2 aromatic heterocycles. The Labute approximate surface area is 140 Å². The van der Waals surface area contributed by atoms with Gasteiger partial charge >= 0.3 is 0 Å². The Kier molecular flexibility index (Phi) is 3.58. The molecule has 2 aliphatic rings. The molecular formula is C14H14BrClN4O2. The predicted molar refractivity (Wildman–Crippen MR) is 84.0 cm³/mol. The molecule has 8 heteroatoms. The van der Waals surface area contributed by atoms with E-state index in [-0.39, 0.29) is 24.5 Å². The molecule has 1 amide bonds. The van der Waals surface area contributed by atoms with Gasteiger partial charge in [0.15, 0.2) is 5.15 Å². The highest BCUT2D eigenvalue weighted by atomic mass is 79.9. The van der Waals surface area contributed by atoms with Crippen molar-refractivity contribution in [3.05, 3.63) is 28.0 Å². The van der Waals surface area contributed by atoms with Gasteiger partial charge in [0.25, 0.3) is 0 Å². The second kappa shape index (κ2) is 5.47. The Morgan fingerprint density at radius 2 is 2.27 bits per heavy atom. The molecule has 0 aromatic carbocycles. The van der Waals surface area contributed by atoms with Gasteiger partial charge in [0.2, 0.25) is 5.91 Å². The van der Waals surface area contributed by atoms with Crippen molar-refractivity contribution < 1.29 is 9.53 Å². The third-order valence-corrected chi connectivity index (χ3v) is 5.25. The maximum absolute atomic E-state index is 12.1. The van der Waals surface area contributed by atoms with E-state index < -0.39 is 0 Å². The summed E-state index contributed by atoms with van der Waals surface area (Å²) < 4.78 is 8.00. The smallest absolute Gasteiger partial charge is 0.248 e. The summed E-state index contributed by atoms with van der Waals surface area (Å²) in [6.45, 7) is 1.50. The lowest BCUT2D eigenvalue weighted by atomic mass is 9.91. The summed E-state index contributed by atoms with van der Waals surface area (Å²) in [7, 11) is 0. The molecule has 2 aliphatic heterocycles. The van der Waals surface area contributed by atoms with Crippen molar-refractivity contribution in [1.82, 2.24) is 19.3 Å². The molecular weight excluding hydrogens is 372 g/mol. The van der Waals surface area contributed by atoms with Crippen LogP contribution in [0.3, 0.4) is 0 Å². The maximum atomic E-state index is 12.1. The molecule has 0 spiro atoms. The molecule has 0 unspecified atom stereocenters. The van der Waals surface area contributed by atoms with Crippen molar-refractivity contribution in [3.8, 4) is 0 Å². The van der Waals surface area contributed by atoms with Crippen molar-refractivity contribution in [2.75, 3.05) is 19.8 Å². The van der Waals surface area contributed by atoms with E-state index in [2.05, 4.69) is 25.9 Å². The summed E-state index contributed by atoms with van der Waals surface area (Å²) in [4.78, 5) is 22.7. The van der Waals surface area contributed by atoms with Crippen molar-refractivity contribution in [3.63, 3.8) is 0 Å². The zero-order chi connectivity index (χ0) is 15.3. The molecule has 2 saturated heterocycles. The Hall–Kier alpha value is -1.18. The fraction of sp³-hybridized carbons (Fsp3) is 0.500. The summed E-state index contributed by atoms with van der Waals surface area (Å²) in [5.41, 5.74) is 0.773. The van der Waals surface area contributed by atoms with Gasteiger partial charge in [0, 0.05) is 24.9 Å². The van der Waals surface area contributed by atoms with Gasteiger partial charge in [-0.05, 0) is 28.8 Å². The number of fused-ring (bicyclic) bond motifs is 2. The lowest BCUT2D eigenvalue weighted by Gasteiger charge is -2.41. The maximum Gasteiger partial charge on any atom is 0.248 e. The third-order valence-electron chi connectivity index (χ3n) is 4.42. The van der Waals surface area contributed by atoms with Gasteiger partial charge in [0.1, 0.15) is 22.6 Å². The van der Waals surface area contributed by atoms with Crippen LogP contribution in [0.15, 0.2) is 17.0 Å². The van der Waals surface area contributed by atoms with Crippen LogP contribution in [0.5, 0.6) is 0 Å². The first-order valence-corrected chi connectivity index (χ1v) is 8.37. The van der Waals surface area contributed by atoms with Gasteiger partial charge in [-0.3, -0.25) is 9.20 Å². The second-order valence-corrected chi connectivity index (χ2v) is 6.80. The van der Waals surface area contributed by atoms with Crippen molar-refractivity contribution in [2.24, 2.45) is 0 Å². The van der Waals surface area contributed by atoms with E-state index in [0.29, 0.717) is 22.9 Å². The lowest BCUT2D eigenvalue weighted by molar-refractivity contribution is -0.150. The number of hydrogen-bond donors (Lipinski definition) is 0. The SMILES string of the molecule is O=C1COC[C@@H]2CC[C@H](c3nc(Br)c4c(Cl)nccn34)CN12. The van der Waals surface area contributed by atoms with Crippen molar-refractivity contribution in [1.29, 1.82) is 0 Å². The first kappa shape index (κ1) is 14.4. The first-order chi connectivity index (χ1) is 10.6. The van der Waals surface area contributed by atoms with Crippen LogP contribution < -0.4 is 0 Å². The lowest BCUT2D eigenvalue weighted by Crippen LogP contribution is -2.53. The Balaban J connectivity index is 1.71. The highest BCUT2D eigenvalue weighted by Crippen LogP contribution is 2.34. The monoisotopic (exact) mass is 384 g/mol. The third kappa shape index (κ3) is 2.23. The van der Waals surface area contributed by atoms with Gasteiger partial charge in [-0.25, -0.2) is 9.97 Å². The molecule has 2 atom stereocenters. The summed E-state index contributed by atoms with van der Waals surface area (Å²) in [5.74, 6) is 1.18. The van der Waals surface area contributed by atoms with E-state index in [1.807, 2.05) is 15.5 Å². The molecule has 0 aliphatic carbocycles. The molecule has 0 bridgehead atoms. The van der Waals surface area contributed by atoms with Crippen LogP contribution in [0.4, 0.5) is 0 Å². The van der Waals surface area contributed by atoms with Crippen LogP contribution in [0, 0.1) is 0 Å². The van der Waals surface area contributed by atoms with E-state index in [0.717, 1.165) is 24.2 Å². The molecule has 4 rings (SSSR count). The van der Waals surface area contributed by atoms with Gasteiger partial charge in [-0.2, -0.15) is 0 Å². The van der Waals surface area contributed by atoms with Crippen LogP contribution in [0.1, 0.15) is 24.6 Å². The van der Waals surface area contributed by atoms with Gasteiger partial charge in [0.05, 0.1) is 12.6 Å². The molecule has 0 radical (unpaired) electrons. The number of aromatic nitrogens is 3. The number of piperidine rings is 1. The highest BCUT2D eigenvalue weighted by molar-refractivity contribution is 9.10. The van der Waals surface area contributed by atoms with Crippen LogP contribution in [-0.4, -0.2) is 51.0 Å². The average molecular weight is 386 g/mol. The Bertz CT molecular complexity index is 750. The quantitative estimate of drug-likeness (QED) is 0.755. The second-order valence-electron chi connectivity index (χ2n) is 5.69. The summed E-state index contributed by atoms with van der Waals surface area (Å²) in [5, 5.41) is 0.421. The van der Waals surface area contributed by atoms with E-state index in [9.17, 15) is 4.79 Å². The zero-order valence-corrected chi connectivity index (χ0v) is 14.0. The number of ether oxygens (including phenoxy) is 1. The number of amides is 1. The number of nitrogens with zero attached hydrogens (tertiary/aromatic N) is 4. The molecule has 0 saturated carbocycles. The molecule has 0 N–H and O–H groups in total. The molecule has 6 nitrogen and oxygen atoms in total. The normalized spacial score (nSPS) is 25.5. The van der Waals surface area contributed by atoms with Crippen LogP contribution in [0.25, 0.3) is 5.52 Å². The predicted octanol–water partition coefficient (Wildman–Crippen LogP) is 2.25. The van der Waals surface area contributed by atoms with E-state index in [4.69, 9.17) is 16.3 Å². The molecule has 4 heterocycles. The number of hydrogen-bond acceptors (Lipinski definition) is 4. The number of rotatable bonds is 1. The van der Waals surface area contributed by atoms with Crippen molar-refractivity contribution >= 4 is 39.0 Å². The van der Waals surface area contributed by atoms with Gasteiger partial charge < -0.3 is 9.64 Å². The Morgan fingerprint density at radius 3 is 3.14 bits per heavy atom. The minimum Gasteiger partial charge on any atom is -0.369 e. The Morgan fingerprint density at radius 1 is 1.41 bits per heavy atom. The summed E-state index contributed by atoms with van der Waals surface area (Å²) in [6.07, 6.45) is 5.44. The fourth-order valence-electron chi connectivity index (χ4n) is 3.35. The minimum absolute atomic E-state index is 0.0700. The number of imidazole rings is 1. The number of carbonyl (C=O) groups excluding carboxylic acids is 1. The van der Waals surface area contributed by atoms with E-state index >= 15 is 0 Å². The number of halogens is 2. The standard InChI is InChI=1S/C14H14BrClN4O2/c15-12-11-13(16)17-3-4-19(11)14(18-12)8-1-2-9-6-22-7-10(21)20(9)5-8/h3-4,8-9H,1-2,5-7H2/t8-,9-/m0/s1. The van der Waals surface area contributed by atoms with Crippen LogP contribution in [0.2, 0.25) is 5.15 Å². The van der Waals surface area contributed by atoms with Gasteiger partial charge in [-0.15, -0.1) is 0 Å². The fourth-order valence-corrected chi connectivity index (χ4v) is 4.26. The van der Waals surface area contributed by atoms with Gasteiger partial charge in [-0.1, -0.05) is 11.6 Å².